The number of rotatable bonds is 3. The standard InChI is InChI=1S/C33H32S2Si/c1-20(2)36(21(3)4,22(5)6)14-12-27-17-26-16-24-8-10-28-29(31(24)19-33(26)35-27)9-7-23-15-25-11-13-34-32(25)18-30(23)28/h7-11,13,15-22H,1-6H3. The van der Waals surface area contributed by atoms with Gasteiger partial charge < -0.3 is 0 Å². The smallest absolute Gasteiger partial charge is 0.144 e. The Hall–Kier alpha value is -2.64. The molecule has 3 heteroatoms. The number of benzene rings is 4. The molecule has 0 saturated carbocycles. The van der Waals surface area contributed by atoms with E-state index in [-0.39, 0.29) is 0 Å². The first kappa shape index (κ1) is 23.7. The van der Waals surface area contributed by atoms with Gasteiger partial charge in [-0.1, -0.05) is 71.7 Å². The zero-order valence-electron chi connectivity index (χ0n) is 21.9. The van der Waals surface area contributed by atoms with Gasteiger partial charge in [-0.05, 0) is 101 Å². The molecule has 0 nitrogen and oxygen atoms in total. The van der Waals surface area contributed by atoms with Crippen molar-refractivity contribution >= 4 is 83.2 Å². The normalized spacial score (nSPS) is 12.7. The fourth-order valence-corrected chi connectivity index (χ4v) is 13.6. The highest BCUT2D eigenvalue weighted by molar-refractivity contribution is 7.19. The maximum Gasteiger partial charge on any atom is 0.146 e. The van der Waals surface area contributed by atoms with Gasteiger partial charge in [-0.25, -0.2) is 0 Å². The molecule has 0 atom stereocenters. The quantitative estimate of drug-likeness (QED) is 0.124. The van der Waals surface area contributed by atoms with E-state index in [0.717, 1.165) is 0 Å². The summed E-state index contributed by atoms with van der Waals surface area (Å²) in [6, 6.07) is 23.2. The average molecular weight is 521 g/mol. The van der Waals surface area contributed by atoms with Gasteiger partial charge >= 0.3 is 0 Å². The van der Waals surface area contributed by atoms with E-state index in [1.165, 1.54) is 57.4 Å². The molecule has 0 aliphatic carbocycles. The van der Waals surface area contributed by atoms with Gasteiger partial charge in [-0.2, -0.15) is 0 Å². The molecule has 0 aliphatic rings. The summed E-state index contributed by atoms with van der Waals surface area (Å²) in [5.74, 6) is 3.68. The first-order valence-electron chi connectivity index (χ1n) is 13.0. The van der Waals surface area contributed by atoms with Crippen molar-refractivity contribution in [3.8, 4) is 11.5 Å². The summed E-state index contributed by atoms with van der Waals surface area (Å²) in [4.78, 5) is 1.20. The summed E-state index contributed by atoms with van der Waals surface area (Å²) in [7, 11) is -1.74. The average Bonchev–Trinajstić information content (AvgIpc) is 3.46. The van der Waals surface area contributed by atoms with E-state index in [1.807, 2.05) is 22.7 Å². The van der Waals surface area contributed by atoms with Gasteiger partial charge in [0.05, 0.1) is 4.88 Å². The van der Waals surface area contributed by atoms with Crippen molar-refractivity contribution in [2.24, 2.45) is 0 Å². The Balaban J connectivity index is 1.52. The van der Waals surface area contributed by atoms with E-state index in [1.54, 1.807) is 0 Å². The summed E-state index contributed by atoms with van der Waals surface area (Å²) in [6.07, 6.45) is 0. The molecule has 0 unspecified atom stereocenters. The van der Waals surface area contributed by atoms with Crippen LogP contribution in [0.2, 0.25) is 16.6 Å². The fraction of sp³-hybridized carbons (Fsp3) is 0.273. The number of hydrogen-bond donors (Lipinski definition) is 0. The molecule has 2 aromatic heterocycles. The van der Waals surface area contributed by atoms with Crippen molar-refractivity contribution in [2.45, 2.75) is 58.2 Å². The molecule has 6 aromatic rings. The first-order valence-corrected chi connectivity index (χ1v) is 16.9. The van der Waals surface area contributed by atoms with Crippen LogP contribution in [0.25, 0.3) is 52.5 Å². The Labute approximate surface area is 223 Å². The third kappa shape index (κ3) is 3.62. The van der Waals surface area contributed by atoms with Crippen LogP contribution in [0.15, 0.2) is 66.0 Å². The molecule has 0 spiro atoms. The number of thiophene rings is 2. The van der Waals surface area contributed by atoms with Gasteiger partial charge in [0.1, 0.15) is 8.07 Å². The summed E-state index contributed by atoms with van der Waals surface area (Å²) in [5, 5.41) is 12.8. The minimum absolute atomic E-state index is 0.651. The predicted molar refractivity (Wildman–Crippen MR) is 168 cm³/mol. The van der Waals surface area contributed by atoms with Crippen molar-refractivity contribution in [1.82, 2.24) is 0 Å². The van der Waals surface area contributed by atoms with E-state index >= 15 is 0 Å². The van der Waals surface area contributed by atoms with Crippen LogP contribution in [-0.2, 0) is 0 Å². The van der Waals surface area contributed by atoms with Gasteiger partial charge in [0, 0.05) is 9.40 Å². The monoisotopic (exact) mass is 520 g/mol. The van der Waals surface area contributed by atoms with Crippen molar-refractivity contribution in [1.29, 1.82) is 0 Å². The van der Waals surface area contributed by atoms with Crippen LogP contribution >= 0.6 is 22.7 Å². The lowest BCUT2D eigenvalue weighted by Gasteiger charge is -2.38. The molecular formula is C33H32S2Si. The summed E-state index contributed by atoms with van der Waals surface area (Å²) < 4.78 is 2.69. The maximum atomic E-state index is 3.91. The molecule has 0 saturated heterocycles. The molecule has 0 aliphatic heterocycles. The minimum atomic E-state index is -1.74. The number of fused-ring (bicyclic) bond motifs is 7. The highest BCUT2D eigenvalue weighted by Gasteiger charge is 2.41. The predicted octanol–water partition coefficient (Wildman–Crippen LogP) is 11.1. The maximum absolute atomic E-state index is 3.91. The van der Waals surface area contributed by atoms with E-state index in [2.05, 4.69) is 119 Å². The van der Waals surface area contributed by atoms with Crippen LogP contribution in [0.5, 0.6) is 0 Å². The van der Waals surface area contributed by atoms with Crippen LogP contribution in [0.3, 0.4) is 0 Å². The molecule has 0 fully saturated rings. The molecule has 2 heterocycles. The highest BCUT2D eigenvalue weighted by Crippen LogP contribution is 2.41. The third-order valence-electron chi connectivity index (χ3n) is 8.31. The SMILES string of the molecule is CC(C)[Si](C#Cc1cc2cc3ccc4c5cc6sccc6cc5ccc4c3cc2s1)(C(C)C)C(C)C. The Morgan fingerprint density at radius 3 is 1.78 bits per heavy atom. The van der Waals surface area contributed by atoms with Gasteiger partial charge in [-0.3, -0.25) is 0 Å². The van der Waals surface area contributed by atoms with E-state index < -0.39 is 8.07 Å². The molecule has 6 rings (SSSR count). The zero-order valence-corrected chi connectivity index (χ0v) is 24.5. The van der Waals surface area contributed by atoms with Gasteiger partial charge in [0.25, 0.3) is 0 Å². The number of hydrogen-bond acceptors (Lipinski definition) is 2. The summed E-state index contributed by atoms with van der Waals surface area (Å²) in [5.41, 5.74) is 5.87. The van der Waals surface area contributed by atoms with Crippen molar-refractivity contribution < 1.29 is 0 Å². The van der Waals surface area contributed by atoms with Crippen LogP contribution in [0.4, 0.5) is 0 Å². The lowest BCUT2D eigenvalue weighted by molar-refractivity contribution is 0.838. The Kier molecular flexibility index (Phi) is 5.76. The largest absolute Gasteiger partial charge is 0.146 e. The molecule has 0 radical (unpaired) electrons. The lowest BCUT2D eigenvalue weighted by Crippen LogP contribution is -2.43. The molecule has 0 bridgehead atoms. The Bertz CT molecular complexity index is 1810. The Morgan fingerprint density at radius 1 is 0.583 bits per heavy atom. The molecule has 36 heavy (non-hydrogen) atoms. The van der Waals surface area contributed by atoms with Gasteiger partial charge in [-0.15, -0.1) is 28.2 Å². The van der Waals surface area contributed by atoms with E-state index in [0.29, 0.717) is 16.6 Å². The van der Waals surface area contributed by atoms with Gasteiger partial charge in [0.15, 0.2) is 0 Å². The zero-order chi connectivity index (χ0) is 25.2. The Morgan fingerprint density at radius 2 is 1.17 bits per heavy atom. The first-order chi connectivity index (χ1) is 17.3. The van der Waals surface area contributed by atoms with Crippen molar-refractivity contribution in [3.63, 3.8) is 0 Å². The second-order valence-corrected chi connectivity index (χ2v) is 18.7. The van der Waals surface area contributed by atoms with Crippen molar-refractivity contribution in [3.05, 3.63) is 70.9 Å². The summed E-state index contributed by atoms with van der Waals surface area (Å²) >= 11 is 3.68. The molecular weight excluding hydrogens is 489 g/mol. The van der Waals surface area contributed by atoms with Crippen LogP contribution in [0, 0.1) is 11.5 Å². The highest BCUT2D eigenvalue weighted by atomic mass is 32.1. The van der Waals surface area contributed by atoms with Crippen LogP contribution in [-0.4, -0.2) is 8.07 Å². The van der Waals surface area contributed by atoms with E-state index in [4.69, 9.17) is 0 Å². The van der Waals surface area contributed by atoms with Crippen molar-refractivity contribution in [2.75, 3.05) is 0 Å². The molecule has 4 aromatic carbocycles. The lowest BCUT2D eigenvalue weighted by atomic mass is 9.96. The van der Waals surface area contributed by atoms with Crippen LogP contribution < -0.4 is 0 Å². The summed E-state index contributed by atoms with van der Waals surface area (Å²) in [6.45, 7) is 14.3. The second-order valence-electron chi connectivity index (χ2n) is 11.1. The molecule has 0 amide bonds. The van der Waals surface area contributed by atoms with Gasteiger partial charge in [0.2, 0.25) is 0 Å². The fourth-order valence-electron chi connectivity index (χ4n) is 6.53. The molecule has 0 N–H and O–H groups in total. The van der Waals surface area contributed by atoms with E-state index in [9.17, 15) is 0 Å². The molecule has 180 valence electrons. The van der Waals surface area contributed by atoms with Crippen LogP contribution in [0.1, 0.15) is 46.4 Å². The minimum Gasteiger partial charge on any atom is -0.144 e. The third-order valence-corrected chi connectivity index (χ3v) is 16.5. The topological polar surface area (TPSA) is 0 Å². The second kappa shape index (κ2) is 8.73.